The van der Waals surface area contributed by atoms with Gasteiger partial charge in [0, 0.05) is 0 Å². The lowest BCUT2D eigenvalue weighted by molar-refractivity contribution is 0.171. The molecule has 0 saturated heterocycles. The number of hydrogen-bond donors (Lipinski definition) is 3. The van der Waals surface area contributed by atoms with Crippen molar-refractivity contribution < 1.29 is 19.3 Å². The minimum absolute atomic E-state index is 0.117. The standard InChI is InChI=1S/C13H20FNO3/c1-2-18-13-4-3-10(7-12(13)14)5-6-15-11(8-16)9-17/h3-4,7,11,15-17H,2,5-6,8-9H2,1H3. The van der Waals surface area contributed by atoms with Crippen LogP contribution in [0.4, 0.5) is 4.39 Å². The maximum atomic E-state index is 13.5. The van der Waals surface area contributed by atoms with Crippen molar-refractivity contribution in [1.29, 1.82) is 0 Å². The van der Waals surface area contributed by atoms with Crippen molar-refractivity contribution in [2.75, 3.05) is 26.4 Å². The monoisotopic (exact) mass is 257 g/mol. The highest BCUT2D eigenvalue weighted by Crippen LogP contribution is 2.18. The molecule has 0 atom stereocenters. The van der Waals surface area contributed by atoms with E-state index in [4.69, 9.17) is 14.9 Å². The van der Waals surface area contributed by atoms with Crippen molar-refractivity contribution in [3.8, 4) is 5.75 Å². The lowest BCUT2D eigenvalue weighted by atomic mass is 10.1. The quantitative estimate of drug-likeness (QED) is 0.642. The molecule has 5 heteroatoms. The van der Waals surface area contributed by atoms with E-state index in [1.165, 1.54) is 6.07 Å². The van der Waals surface area contributed by atoms with Crippen LogP contribution >= 0.6 is 0 Å². The molecule has 1 rings (SSSR count). The number of benzene rings is 1. The van der Waals surface area contributed by atoms with Gasteiger partial charge < -0.3 is 20.3 Å². The van der Waals surface area contributed by atoms with Crippen LogP contribution < -0.4 is 10.1 Å². The van der Waals surface area contributed by atoms with Gasteiger partial charge in [0.15, 0.2) is 11.6 Å². The van der Waals surface area contributed by atoms with Crippen molar-refractivity contribution in [3.63, 3.8) is 0 Å². The summed E-state index contributed by atoms with van der Waals surface area (Å²) in [5.74, 6) is -0.104. The van der Waals surface area contributed by atoms with Gasteiger partial charge in [0.25, 0.3) is 0 Å². The fraction of sp³-hybridized carbons (Fsp3) is 0.538. The number of rotatable bonds is 8. The third-order valence-electron chi connectivity index (χ3n) is 2.58. The summed E-state index contributed by atoms with van der Waals surface area (Å²) in [7, 11) is 0. The van der Waals surface area contributed by atoms with Crippen molar-refractivity contribution >= 4 is 0 Å². The molecule has 1 aromatic carbocycles. The Balaban J connectivity index is 2.45. The smallest absolute Gasteiger partial charge is 0.165 e. The molecule has 3 N–H and O–H groups in total. The van der Waals surface area contributed by atoms with Crippen molar-refractivity contribution in [1.82, 2.24) is 5.32 Å². The predicted molar refractivity (Wildman–Crippen MR) is 67.2 cm³/mol. The Morgan fingerprint density at radius 2 is 2.06 bits per heavy atom. The van der Waals surface area contributed by atoms with Gasteiger partial charge in [-0.05, 0) is 37.6 Å². The average molecular weight is 257 g/mol. The second-order valence-electron chi connectivity index (χ2n) is 3.96. The summed E-state index contributed by atoms with van der Waals surface area (Å²) in [5.41, 5.74) is 0.845. The molecule has 4 nitrogen and oxygen atoms in total. The van der Waals surface area contributed by atoms with Gasteiger partial charge in [-0.25, -0.2) is 4.39 Å². The summed E-state index contributed by atoms with van der Waals surface area (Å²) in [6, 6.07) is 4.55. The Labute approximate surface area is 106 Å². The van der Waals surface area contributed by atoms with Crippen molar-refractivity contribution in [2.45, 2.75) is 19.4 Å². The van der Waals surface area contributed by atoms with Gasteiger partial charge in [-0.1, -0.05) is 6.07 Å². The molecule has 0 bridgehead atoms. The molecule has 0 aliphatic heterocycles. The number of nitrogens with one attached hydrogen (secondary N) is 1. The van der Waals surface area contributed by atoms with E-state index in [1.54, 1.807) is 13.0 Å². The van der Waals surface area contributed by atoms with Crippen LogP contribution in [0.3, 0.4) is 0 Å². The predicted octanol–water partition coefficient (Wildman–Crippen LogP) is 0.710. The van der Waals surface area contributed by atoms with Crippen LogP contribution in [0.2, 0.25) is 0 Å². The summed E-state index contributed by atoms with van der Waals surface area (Å²) < 4.78 is 18.6. The first-order valence-electron chi connectivity index (χ1n) is 6.07. The number of halogens is 1. The minimum atomic E-state index is -0.366. The van der Waals surface area contributed by atoms with E-state index in [9.17, 15) is 4.39 Å². The minimum Gasteiger partial charge on any atom is -0.491 e. The highest BCUT2D eigenvalue weighted by molar-refractivity contribution is 5.29. The van der Waals surface area contributed by atoms with E-state index in [2.05, 4.69) is 5.32 Å². The Hall–Kier alpha value is -1.17. The highest BCUT2D eigenvalue weighted by atomic mass is 19.1. The van der Waals surface area contributed by atoms with Gasteiger partial charge in [-0.2, -0.15) is 0 Å². The average Bonchev–Trinajstić information content (AvgIpc) is 2.38. The van der Waals surface area contributed by atoms with E-state index in [0.29, 0.717) is 19.6 Å². The van der Waals surface area contributed by atoms with E-state index in [1.807, 2.05) is 6.07 Å². The van der Waals surface area contributed by atoms with Gasteiger partial charge in [0.05, 0.1) is 25.9 Å². The zero-order chi connectivity index (χ0) is 13.4. The second kappa shape index (κ2) is 8.02. The Kier molecular flexibility index (Phi) is 6.64. The first kappa shape index (κ1) is 14.9. The third kappa shape index (κ3) is 4.60. The number of aliphatic hydroxyl groups excluding tert-OH is 2. The molecule has 0 aliphatic carbocycles. The maximum absolute atomic E-state index is 13.5. The topological polar surface area (TPSA) is 61.7 Å². The number of ether oxygens (including phenoxy) is 1. The van der Waals surface area contributed by atoms with Crippen molar-refractivity contribution in [2.24, 2.45) is 0 Å². The van der Waals surface area contributed by atoms with Gasteiger partial charge in [-0.3, -0.25) is 0 Å². The first-order chi connectivity index (χ1) is 8.71. The van der Waals surface area contributed by atoms with Crippen LogP contribution in [0.1, 0.15) is 12.5 Å². The second-order valence-corrected chi connectivity index (χ2v) is 3.96. The Bertz CT molecular complexity index is 356. The van der Waals surface area contributed by atoms with E-state index in [-0.39, 0.29) is 30.8 Å². The summed E-state index contributed by atoms with van der Waals surface area (Å²) in [5, 5.41) is 20.7. The van der Waals surface area contributed by atoms with Crippen molar-refractivity contribution in [3.05, 3.63) is 29.6 Å². The molecule has 0 saturated carbocycles. The van der Waals surface area contributed by atoms with Crippen LogP contribution in [0.15, 0.2) is 18.2 Å². The van der Waals surface area contributed by atoms with E-state index >= 15 is 0 Å². The van der Waals surface area contributed by atoms with Gasteiger partial charge >= 0.3 is 0 Å². The third-order valence-corrected chi connectivity index (χ3v) is 2.58. The summed E-state index contributed by atoms with van der Waals surface area (Å²) in [6.45, 7) is 2.58. The Morgan fingerprint density at radius 3 is 2.61 bits per heavy atom. The fourth-order valence-electron chi connectivity index (χ4n) is 1.58. The lowest BCUT2D eigenvalue weighted by Crippen LogP contribution is -2.36. The van der Waals surface area contributed by atoms with Crippen LogP contribution in [0.25, 0.3) is 0 Å². The largest absolute Gasteiger partial charge is 0.491 e. The molecule has 0 amide bonds. The van der Waals surface area contributed by atoms with Crippen LogP contribution in [0, 0.1) is 5.82 Å². The van der Waals surface area contributed by atoms with Gasteiger partial charge in [-0.15, -0.1) is 0 Å². The van der Waals surface area contributed by atoms with Gasteiger partial charge in [0.1, 0.15) is 0 Å². The normalized spacial score (nSPS) is 10.9. The lowest BCUT2D eigenvalue weighted by Gasteiger charge is -2.13. The van der Waals surface area contributed by atoms with E-state index < -0.39 is 0 Å². The first-order valence-corrected chi connectivity index (χ1v) is 6.07. The van der Waals surface area contributed by atoms with E-state index in [0.717, 1.165) is 5.56 Å². The molecule has 0 fully saturated rings. The molecule has 0 heterocycles. The molecule has 0 aliphatic rings. The van der Waals surface area contributed by atoms with Crippen LogP contribution in [-0.4, -0.2) is 42.6 Å². The zero-order valence-electron chi connectivity index (χ0n) is 10.5. The molecule has 18 heavy (non-hydrogen) atoms. The molecule has 1 aromatic rings. The summed E-state index contributed by atoms with van der Waals surface area (Å²) >= 11 is 0. The molecule has 0 unspecified atom stereocenters. The number of aliphatic hydroxyl groups is 2. The van der Waals surface area contributed by atoms with Crippen LogP contribution in [0.5, 0.6) is 5.75 Å². The number of hydrogen-bond acceptors (Lipinski definition) is 4. The molecule has 102 valence electrons. The maximum Gasteiger partial charge on any atom is 0.165 e. The SMILES string of the molecule is CCOc1ccc(CCNC(CO)CO)cc1F. The van der Waals surface area contributed by atoms with Gasteiger partial charge in [0.2, 0.25) is 0 Å². The molecule has 0 radical (unpaired) electrons. The summed E-state index contributed by atoms with van der Waals surface area (Å²) in [4.78, 5) is 0. The molecular weight excluding hydrogens is 237 g/mol. The van der Waals surface area contributed by atoms with Crippen LogP contribution in [-0.2, 0) is 6.42 Å². The zero-order valence-corrected chi connectivity index (χ0v) is 10.5. The fourth-order valence-corrected chi connectivity index (χ4v) is 1.58. The molecule has 0 spiro atoms. The summed E-state index contributed by atoms with van der Waals surface area (Å²) in [6.07, 6.45) is 0.625. The highest BCUT2D eigenvalue weighted by Gasteiger charge is 2.06. The molecular formula is C13H20FNO3. The Morgan fingerprint density at radius 1 is 1.33 bits per heavy atom. The molecule has 0 aromatic heterocycles.